The second kappa shape index (κ2) is 7.77. The third kappa shape index (κ3) is 4.94. The average molecular weight is 248 g/mol. The van der Waals surface area contributed by atoms with Crippen molar-refractivity contribution in [2.45, 2.75) is 0 Å². The molecule has 0 radical (unpaired) electrons. The molecule has 0 bridgehead atoms. The van der Waals surface area contributed by atoms with Gasteiger partial charge in [-0.15, -0.1) is 0 Å². The monoisotopic (exact) mass is 248 g/mol. The van der Waals surface area contributed by atoms with E-state index in [4.69, 9.17) is 5.73 Å². The number of nitrogens with one attached hydrogen (secondary N) is 1. The zero-order chi connectivity index (χ0) is 12.5. The van der Waals surface area contributed by atoms with Gasteiger partial charge in [0.1, 0.15) is 0 Å². The highest BCUT2D eigenvalue weighted by atomic mass is 32.2. The van der Waals surface area contributed by atoms with Crippen LogP contribution < -0.4 is 11.1 Å². The molecule has 0 saturated carbocycles. The van der Waals surface area contributed by atoms with Gasteiger partial charge in [-0.05, 0) is 30.5 Å². The van der Waals surface area contributed by atoms with Crippen LogP contribution in [-0.2, 0) is 0 Å². The molecule has 0 aliphatic carbocycles. The van der Waals surface area contributed by atoms with Gasteiger partial charge < -0.3 is 11.1 Å². The highest BCUT2D eigenvalue weighted by Gasteiger charge is 2.03. The predicted octanol–water partition coefficient (Wildman–Crippen LogP) is 1.09. The smallest absolute Gasteiger partial charge is 0.251 e. The molecule has 0 fully saturated rings. The molecule has 0 aliphatic rings. The molecule has 1 amide bonds. The highest BCUT2D eigenvalue weighted by Crippen LogP contribution is 2.03. The molecule has 1 aromatic rings. The second-order valence-electron chi connectivity index (χ2n) is 3.33. The quantitative estimate of drug-likeness (QED) is 0.619. The van der Waals surface area contributed by atoms with Crippen LogP contribution in [0.15, 0.2) is 24.3 Å². The summed E-state index contributed by atoms with van der Waals surface area (Å²) in [7, 11) is 0. The maximum absolute atomic E-state index is 11.7. The van der Waals surface area contributed by atoms with Crippen molar-refractivity contribution in [3.05, 3.63) is 35.4 Å². The Morgan fingerprint density at radius 3 is 2.71 bits per heavy atom. The van der Waals surface area contributed by atoms with Crippen molar-refractivity contribution >= 4 is 17.7 Å². The summed E-state index contributed by atoms with van der Waals surface area (Å²) in [5, 5.41) is 2.85. The van der Waals surface area contributed by atoms with E-state index in [1.165, 1.54) is 0 Å². The van der Waals surface area contributed by atoms with Crippen LogP contribution >= 0.6 is 11.8 Å². The molecule has 1 rings (SSSR count). The van der Waals surface area contributed by atoms with E-state index in [9.17, 15) is 4.79 Å². The SMILES string of the molecule is CSCCNC(=O)c1ccc(C#CCN)cc1. The molecule has 0 unspecified atom stereocenters. The predicted molar refractivity (Wildman–Crippen MR) is 73.1 cm³/mol. The first-order chi connectivity index (χ1) is 8.27. The lowest BCUT2D eigenvalue weighted by Crippen LogP contribution is -2.25. The number of carbonyl (C=O) groups is 1. The van der Waals surface area contributed by atoms with Crippen LogP contribution in [0.5, 0.6) is 0 Å². The third-order valence-corrected chi connectivity index (χ3v) is 2.69. The number of hydrogen-bond acceptors (Lipinski definition) is 3. The van der Waals surface area contributed by atoms with Gasteiger partial charge in [-0.2, -0.15) is 11.8 Å². The number of thioether (sulfide) groups is 1. The molecular weight excluding hydrogens is 232 g/mol. The highest BCUT2D eigenvalue weighted by molar-refractivity contribution is 7.98. The van der Waals surface area contributed by atoms with Gasteiger partial charge >= 0.3 is 0 Å². The Balaban J connectivity index is 2.57. The lowest BCUT2D eigenvalue weighted by atomic mass is 10.1. The van der Waals surface area contributed by atoms with Crippen molar-refractivity contribution in [2.75, 3.05) is 25.1 Å². The molecule has 4 heteroatoms. The minimum atomic E-state index is -0.0441. The lowest BCUT2D eigenvalue weighted by molar-refractivity contribution is 0.0956. The maximum atomic E-state index is 11.7. The minimum absolute atomic E-state index is 0.0441. The van der Waals surface area contributed by atoms with Crippen LogP contribution in [0.2, 0.25) is 0 Å². The van der Waals surface area contributed by atoms with Crippen LogP contribution in [0.4, 0.5) is 0 Å². The molecular formula is C13H16N2OS. The third-order valence-electron chi connectivity index (χ3n) is 2.07. The Morgan fingerprint density at radius 2 is 2.12 bits per heavy atom. The number of benzene rings is 1. The first-order valence-electron chi connectivity index (χ1n) is 5.34. The molecule has 90 valence electrons. The van der Waals surface area contributed by atoms with Gasteiger partial charge in [-0.3, -0.25) is 4.79 Å². The first kappa shape index (κ1) is 13.6. The Hall–Kier alpha value is -1.44. The second-order valence-corrected chi connectivity index (χ2v) is 4.32. The van der Waals surface area contributed by atoms with Gasteiger partial charge in [0.25, 0.3) is 5.91 Å². The van der Waals surface area contributed by atoms with Gasteiger partial charge in [-0.25, -0.2) is 0 Å². The van der Waals surface area contributed by atoms with E-state index in [0.29, 0.717) is 18.7 Å². The van der Waals surface area contributed by atoms with Crippen molar-refractivity contribution < 1.29 is 4.79 Å². The average Bonchev–Trinajstić information content (AvgIpc) is 2.37. The van der Waals surface area contributed by atoms with E-state index in [1.807, 2.05) is 18.4 Å². The standard InChI is InChI=1S/C13H16N2OS/c1-17-10-9-15-13(16)12-6-4-11(5-7-12)3-2-8-14/h4-7H,8-10,14H2,1H3,(H,15,16). The minimum Gasteiger partial charge on any atom is -0.351 e. The molecule has 3 N–H and O–H groups in total. The van der Waals surface area contributed by atoms with Gasteiger partial charge in [0.2, 0.25) is 0 Å². The van der Waals surface area contributed by atoms with Crippen molar-refractivity contribution in [2.24, 2.45) is 5.73 Å². The Morgan fingerprint density at radius 1 is 1.41 bits per heavy atom. The maximum Gasteiger partial charge on any atom is 0.251 e. The van der Waals surface area contributed by atoms with Crippen molar-refractivity contribution in [3.63, 3.8) is 0 Å². The van der Waals surface area contributed by atoms with Crippen molar-refractivity contribution in [1.29, 1.82) is 0 Å². The van der Waals surface area contributed by atoms with Crippen molar-refractivity contribution in [1.82, 2.24) is 5.32 Å². The van der Waals surface area contributed by atoms with Crippen LogP contribution in [0, 0.1) is 11.8 Å². The summed E-state index contributed by atoms with van der Waals surface area (Å²) in [5.41, 5.74) is 6.81. The normalized spacial score (nSPS) is 9.29. The van der Waals surface area contributed by atoms with Crippen molar-refractivity contribution in [3.8, 4) is 11.8 Å². The Kier molecular flexibility index (Phi) is 6.23. The van der Waals surface area contributed by atoms with Crippen LogP contribution in [0.3, 0.4) is 0 Å². The van der Waals surface area contributed by atoms with E-state index >= 15 is 0 Å². The number of nitrogens with two attached hydrogens (primary N) is 1. The summed E-state index contributed by atoms with van der Waals surface area (Å²) >= 11 is 1.71. The van der Waals surface area contributed by atoms with E-state index in [0.717, 1.165) is 11.3 Å². The number of rotatable bonds is 4. The zero-order valence-electron chi connectivity index (χ0n) is 9.82. The molecule has 17 heavy (non-hydrogen) atoms. The molecule has 0 aromatic heterocycles. The number of hydrogen-bond donors (Lipinski definition) is 2. The van der Waals surface area contributed by atoms with Gasteiger partial charge in [-0.1, -0.05) is 11.8 Å². The number of carbonyl (C=O) groups excluding carboxylic acids is 1. The Bertz CT molecular complexity index is 417. The summed E-state index contributed by atoms with van der Waals surface area (Å²) in [4.78, 5) is 11.7. The van der Waals surface area contributed by atoms with E-state index in [-0.39, 0.29) is 5.91 Å². The fraction of sp³-hybridized carbons (Fsp3) is 0.308. The summed E-state index contributed by atoms with van der Waals surface area (Å²) in [6, 6.07) is 7.20. The molecule has 3 nitrogen and oxygen atoms in total. The fourth-order valence-electron chi connectivity index (χ4n) is 1.23. The van der Waals surface area contributed by atoms with Crippen LogP contribution in [-0.4, -0.2) is 31.0 Å². The molecule has 0 aliphatic heterocycles. The van der Waals surface area contributed by atoms with E-state index in [1.54, 1.807) is 23.9 Å². The number of amides is 1. The lowest BCUT2D eigenvalue weighted by Gasteiger charge is -2.03. The van der Waals surface area contributed by atoms with Crippen LogP contribution in [0.1, 0.15) is 15.9 Å². The Labute approximate surface area is 106 Å². The zero-order valence-corrected chi connectivity index (χ0v) is 10.6. The summed E-state index contributed by atoms with van der Waals surface area (Å²) in [6.45, 7) is 1.03. The fourth-order valence-corrected chi connectivity index (χ4v) is 1.53. The molecule has 0 spiro atoms. The van der Waals surface area contributed by atoms with Gasteiger partial charge in [0.05, 0.1) is 6.54 Å². The van der Waals surface area contributed by atoms with E-state index < -0.39 is 0 Å². The summed E-state index contributed by atoms with van der Waals surface area (Å²) in [5.74, 6) is 6.56. The van der Waals surface area contributed by atoms with Crippen LogP contribution in [0.25, 0.3) is 0 Å². The summed E-state index contributed by atoms with van der Waals surface area (Å²) < 4.78 is 0. The largest absolute Gasteiger partial charge is 0.351 e. The molecule has 0 atom stereocenters. The first-order valence-corrected chi connectivity index (χ1v) is 6.73. The topological polar surface area (TPSA) is 55.1 Å². The molecule has 0 saturated heterocycles. The van der Waals surface area contributed by atoms with Gasteiger partial charge in [0.15, 0.2) is 0 Å². The van der Waals surface area contributed by atoms with Gasteiger partial charge in [0, 0.05) is 23.4 Å². The van der Waals surface area contributed by atoms with E-state index in [2.05, 4.69) is 17.2 Å². The molecule has 0 heterocycles. The summed E-state index contributed by atoms with van der Waals surface area (Å²) in [6.07, 6.45) is 2.01. The molecule has 1 aromatic carbocycles.